The number of benzene rings is 2. The first-order valence-corrected chi connectivity index (χ1v) is 6.88. The van der Waals surface area contributed by atoms with Gasteiger partial charge < -0.3 is 9.97 Å². The van der Waals surface area contributed by atoms with Gasteiger partial charge in [-0.3, -0.25) is 9.59 Å². The second-order valence-corrected chi connectivity index (χ2v) is 4.78. The Labute approximate surface area is 126 Å². The zero-order valence-electron chi connectivity index (χ0n) is 11.7. The van der Waals surface area contributed by atoms with E-state index in [9.17, 15) is 9.59 Å². The molecule has 4 heteroatoms. The Bertz CT molecular complexity index is 936. The zero-order chi connectivity index (χ0) is 15.4. The summed E-state index contributed by atoms with van der Waals surface area (Å²) in [7, 11) is 0. The maximum atomic E-state index is 11.2. The van der Waals surface area contributed by atoms with Crippen LogP contribution in [0.3, 0.4) is 0 Å². The van der Waals surface area contributed by atoms with E-state index in [0.29, 0.717) is 0 Å². The summed E-state index contributed by atoms with van der Waals surface area (Å²) in [5.41, 5.74) is 1.92. The van der Waals surface area contributed by atoms with Crippen LogP contribution in [-0.2, 0) is 0 Å². The van der Waals surface area contributed by atoms with E-state index in [2.05, 4.69) is 9.97 Å². The molecule has 22 heavy (non-hydrogen) atoms. The molecule has 108 valence electrons. The second kappa shape index (κ2) is 6.10. The van der Waals surface area contributed by atoms with Crippen molar-refractivity contribution < 1.29 is 0 Å². The van der Waals surface area contributed by atoms with Gasteiger partial charge in [-0.05, 0) is 24.3 Å². The lowest BCUT2D eigenvalue weighted by Gasteiger charge is -1.92. The molecule has 4 rings (SSSR count). The number of nitrogens with one attached hydrogen (secondary N) is 2. The highest BCUT2D eigenvalue weighted by atomic mass is 16.1. The molecular weight excluding hydrogens is 276 g/mol. The number of aromatic amines is 2. The van der Waals surface area contributed by atoms with Gasteiger partial charge in [0.1, 0.15) is 0 Å². The zero-order valence-corrected chi connectivity index (χ0v) is 11.7. The largest absolute Gasteiger partial charge is 0.361 e. The number of pyridine rings is 2. The van der Waals surface area contributed by atoms with E-state index in [1.807, 2.05) is 48.5 Å². The number of hydrogen-bond acceptors (Lipinski definition) is 2. The first-order valence-electron chi connectivity index (χ1n) is 6.88. The van der Waals surface area contributed by atoms with Crippen LogP contribution in [0.15, 0.2) is 82.6 Å². The van der Waals surface area contributed by atoms with Crippen LogP contribution in [0.5, 0.6) is 0 Å². The first kappa shape index (κ1) is 13.8. The average Bonchev–Trinajstić information content (AvgIpc) is 2.57. The number of rotatable bonds is 0. The number of para-hydroxylation sites is 2. The van der Waals surface area contributed by atoms with Gasteiger partial charge in [0.15, 0.2) is 10.9 Å². The van der Waals surface area contributed by atoms with Gasteiger partial charge in [-0.15, -0.1) is 0 Å². The maximum absolute atomic E-state index is 11.2. The lowest BCUT2D eigenvalue weighted by atomic mass is 10.2. The normalized spacial score (nSPS) is 10.2. The number of H-pyrrole nitrogens is 2. The van der Waals surface area contributed by atoms with Gasteiger partial charge in [0, 0.05) is 46.3 Å². The molecule has 0 spiro atoms. The molecule has 0 radical (unpaired) electrons. The molecule has 0 saturated heterocycles. The maximum Gasteiger partial charge on any atom is 0.189 e. The minimum Gasteiger partial charge on any atom is -0.361 e. The predicted molar refractivity (Wildman–Crippen MR) is 89.1 cm³/mol. The Hall–Kier alpha value is -3.14. The Balaban J connectivity index is 0.000000131. The second-order valence-electron chi connectivity index (χ2n) is 4.78. The van der Waals surface area contributed by atoms with Crippen molar-refractivity contribution in [2.45, 2.75) is 0 Å². The summed E-state index contributed by atoms with van der Waals surface area (Å²) in [5, 5.41) is 1.49. The Morgan fingerprint density at radius 2 is 0.955 bits per heavy atom. The van der Waals surface area contributed by atoms with Gasteiger partial charge in [-0.1, -0.05) is 24.3 Å². The van der Waals surface area contributed by atoms with Crippen LogP contribution in [0.2, 0.25) is 0 Å². The number of hydrogen-bond donors (Lipinski definition) is 2. The predicted octanol–water partition coefficient (Wildman–Crippen LogP) is 3.06. The van der Waals surface area contributed by atoms with Gasteiger partial charge in [0.05, 0.1) is 0 Å². The Kier molecular flexibility index (Phi) is 3.83. The summed E-state index contributed by atoms with van der Waals surface area (Å²) in [6.07, 6.45) is 3.31. The van der Waals surface area contributed by atoms with E-state index < -0.39 is 0 Å². The fourth-order valence-electron chi connectivity index (χ4n) is 2.24. The van der Waals surface area contributed by atoms with Crippen LogP contribution < -0.4 is 10.9 Å². The van der Waals surface area contributed by atoms with Crippen molar-refractivity contribution in [1.29, 1.82) is 0 Å². The lowest BCUT2D eigenvalue weighted by molar-refractivity contribution is 1.39. The number of aromatic nitrogens is 2. The smallest absolute Gasteiger partial charge is 0.189 e. The molecule has 0 aliphatic carbocycles. The van der Waals surface area contributed by atoms with Crippen molar-refractivity contribution in [1.82, 2.24) is 9.97 Å². The van der Waals surface area contributed by atoms with E-state index >= 15 is 0 Å². The highest BCUT2D eigenvalue weighted by Gasteiger charge is 1.93. The highest BCUT2D eigenvalue weighted by molar-refractivity contribution is 5.78. The van der Waals surface area contributed by atoms with Crippen LogP contribution in [0.4, 0.5) is 0 Å². The summed E-state index contributed by atoms with van der Waals surface area (Å²) < 4.78 is 0. The van der Waals surface area contributed by atoms with Crippen molar-refractivity contribution in [3.8, 4) is 0 Å². The van der Waals surface area contributed by atoms with Crippen LogP contribution in [0, 0.1) is 0 Å². The SMILES string of the molecule is O=c1cc[nH]c2ccccc12.O=c1cc[nH]c2ccccc12. The number of fused-ring (bicyclic) bond motifs is 2. The van der Waals surface area contributed by atoms with Crippen molar-refractivity contribution >= 4 is 21.8 Å². The molecule has 0 unspecified atom stereocenters. The van der Waals surface area contributed by atoms with E-state index in [-0.39, 0.29) is 10.9 Å². The molecule has 0 aliphatic rings. The van der Waals surface area contributed by atoms with Gasteiger partial charge >= 0.3 is 0 Å². The first-order chi connectivity index (χ1) is 10.8. The lowest BCUT2D eigenvalue weighted by Crippen LogP contribution is -1.98. The van der Waals surface area contributed by atoms with E-state index in [4.69, 9.17) is 0 Å². The van der Waals surface area contributed by atoms with Gasteiger partial charge in [0.2, 0.25) is 0 Å². The van der Waals surface area contributed by atoms with E-state index in [1.54, 1.807) is 12.4 Å². The third-order valence-electron chi connectivity index (χ3n) is 3.33. The topological polar surface area (TPSA) is 65.7 Å². The quantitative estimate of drug-likeness (QED) is 0.522. The summed E-state index contributed by atoms with van der Waals surface area (Å²) in [6, 6.07) is 18.0. The molecule has 2 N–H and O–H groups in total. The molecule has 0 atom stereocenters. The highest BCUT2D eigenvalue weighted by Crippen LogP contribution is 2.04. The Morgan fingerprint density at radius 3 is 1.36 bits per heavy atom. The molecule has 0 aliphatic heterocycles. The van der Waals surface area contributed by atoms with Gasteiger partial charge in [0.25, 0.3) is 0 Å². The van der Waals surface area contributed by atoms with E-state index in [0.717, 1.165) is 21.8 Å². The van der Waals surface area contributed by atoms with Gasteiger partial charge in [-0.25, -0.2) is 0 Å². The summed E-state index contributed by atoms with van der Waals surface area (Å²) >= 11 is 0. The minimum absolute atomic E-state index is 0.0688. The summed E-state index contributed by atoms with van der Waals surface area (Å²) in [5.74, 6) is 0. The fourth-order valence-corrected chi connectivity index (χ4v) is 2.24. The molecule has 2 aromatic heterocycles. The van der Waals surface area contributed by atoms with Crippen LogP contribution >= 0.6 is 0 Å². The van der Waals surface area contributed by atoms with Crippen molar-refractivity contribution in [2.75, 3.05) is 0 Å². The average molecular weight is 290 g/mol. The molecule has 0 bridgehead atoms. The molecule has 4 aromatic rings. The summed E-state index contributed by atoms with van der Waals surface area (Å²) in [4.78, 5) is 28.3. The third-order valence-corrected chi connectivity index (χ3v) is 3.33. The summed E-state index contributed by atoms with van der Waals surface area (Å²) in [6.45, 7) is 0. The third kappa shape index (κ3) is 2.81. The molecule has 2 aromatic carbocycles. The molecule has 0 fully saturated rings. The monoisotopic (exact) mass is 290 g/mol. The Morgan fingerprint density at radius 1 is 0.545 bits per heavy atom. The van der Waals surface area contributed by atoms with Crippen molar-refractivity contribution in [3.63, 3.8) is 0 Å². The molecule has 0 amide bonds. The minimum atomic E-state index is 0.0688. The fraction of sp³-hybridized carbons (Fsp3) is 0. The van der Waals surface area contributed by atoms with Crippen LogP contribution in [-0.4, -0.2) is 9.97 Å². The van der Waals surface area contributed by atoms with Crippen molar-refractivity contribution in [2.24, 2.45) is 0 Å². The standard InChI is InChI=1S/2C9H7NO/c2*11-9-5-6-10-8-4-2-1-3-7(8)9/h2*1-6H,(H,10,11). The molecule has 2 heterocycles. The molecule has 4 nitrogen and oxygen atoms in total. The van der Waals surface area contributed by atoms with Crippen LogP contribution in [0.25, 0.3) is 21.8 Å². The molecule has 0 saturated carbocycles. The molecular formula is C18H14N2O2. The van der Waals surface area contributed by atoms with E-state index in [1.165, 1.54) is 12.1 Å². The van der Waals surface area contributed by atoms with Gasteiger partial charge in [-0.2, -0.15) is 0 Å². The van der Waals surface area contributed by atoms with Crippen molar-refractivity contribution in [3.05, 3.63) is 93.5 Å². The van der Waals surface area contributed by atoms with Crippen LogP contribution in [0.1, 0.15) is 0 Å².